The van der Waals surface area contributed by atoms with Crippen LogP contribution in [0.5, 0.6) is 0 Å². The van der Waals surface area contributed by atoms with Crippen molar-refractivity contribution in [3.63, 3.8) is 0 Å². The molecule has 6 aromatic carbocycles. The van der Waals surface area contributed by atoms with Gasteiger partial charge in [0, 0.05) is 0 Å². The van der Waals surface area contributed by atoms with E-state index in [0.717, 1.165) is 6.42 Å². The van der Waals surface area contributed by atoms with Crippen molar-refractivity contribution in [3.05, 3.63) is 120 Å². The lowest BCUT2D eigenvalue weighted by Crippen LogP contribution is -1.89. The second-order valence-corrected chi connectivity index (χ2v) is 9.23. The average Bonchev–Trinajstić information content (AvgIpc) is 3.27. The van der Waals surface area contributed by atoms with Gasteiger partial charge in [-0.3, -0.25) is 4.99 Å². The molecule has 0 aromatic heterocycles. The summed E-state index contributed by atoms with van der Waals surface area (Å²) in [5.41, 5.74) is 9.26. The van der Waals surface area contributed by atoms with Crippen molar-refractivity contribution in [2.75, 3.05) is 0 Å². The topological polar surface area (TPSA) is 12.4 Å². The Hall–Kier alpha value is -4.23. The molecule has 1 aliphatic rings. The van der Waals surface area contributed by atoms with E-state index in [4.69, 9.17) is 0 Å². The van der Waals surface area contributed by atoms with Gasteiger partial charge in [-0.25, -0.2) is 0 Å². The van der Waals surface area contributed by atoms with Crippen molar-refractivity contribution in [3.8, 4) is 22.3 Å². The molecule has 1 nitrogen and oxygen atoms in total. The Labute approximate surface area is 199 Å². The molecule has 0 spiro atoms. The summed E-state index contributed by atoms with van der Waals surface area (Å²) in [4.78, 5) is 4.17. The van der Waals surface area contributed by atoms with E-state index in [1.807, 2.05) is 0 Å². The Bertz CT molecular complexity index is 1740. The van der Waals surface area contributed by atoms with E-state index in [1.165, 1.54) is 71.3 Å². The molecule has 0 heterocycles. The lowest BCUT2D eigenvalue weighted by molar-refractivity contribution is 1.08. The lowest BCUT2D eigenvalue weighted by atomic mass is 9.91. The molecule has 1 heteroatoms. The van der Waals surface area contributed by atoms with Crippen molar-refractivity contribution < 1.29 is 0 Å². The zero-order chi connectivity index (χ0) is 22.6. The molecule has 0 fully saturated rings. The van der Waals surface area contributed by atoms with E-state index in [9.17, 15) is 0 Å². The van der Waals surface area contributed by atoms with Gasteiger partial charge in [0.25, 0.3) is 0 Å². The highest BCUT2D eigenvalue weighted by Crippen LogP contribution is 2.42. The Kier molecular flexibility index (Phi) is 4.19. The maximum atomic E-state index is 4.17. The highest BCUT2D eigenvalue weighted by molar-refractivity contribution is 6.25. The molecule has 0 radical (unpaired) electrons. The molecular weight excluding hydrogens is 410 g/mol. The highest BCUT2D eigenvalue weighted by atomic mass is 14.7. The van der Waals surface area contributed by atoms with Crippen LogP contribution in [0.2, 0.25) is 0 Å². The number of aliphatic imine (C=N–C) groups is 1. The summed E-state index contributed by atoms with van der Waals surface area (Å²) >= 11 is 0. The predicted octanol–water partition coefficient (Wildman–Crippen LogP) is 8.59. The summed E-state index contributed by atoms with van der Waals surface area (Å²) < 4.78 is 0. The van der Waals surface area contributed by atoms with Gasteiger partial charge in [0.2, 0.25) is 0 Å². The van der Waals surface area contributed by atoms with Gasteiger partial charge in [-0.05, 0) is 96.5 Å². The number of rotatable bonds is 3. The van der Waals surface area contributed by atoms with Crippen LogP contribution in [-0.4, -0.2) is 6.72 Å². The van der Waals surface area contributed by atoms with Crippen LogP contribution in [0.3, 0.4) is 0 Å². The zero-order valence-electron chi connectivity index (χ0n) is 18.9. The van der Waals surface area contributed by atoms with Crippen LogP contribution in [0.1, 0.15) is 16.7 Å². The van der Waals surface area contributed by atoms with Gasteiger partial charge in [0.05, 0.1) is 6.54 Å². The molecule has 0 unspecified atom stereocenters. The van der Waals surface area contributed by atoms with Crippen molar-refractivity contribution in [1.29, 1.82) is 0 Å². The summed E-state index contributed by atoms with van der Waals surface area (Å²) in [7, 11) is 0. The monoisotopic (exact) mass is 433 g/mol. The van der Waals surface area contributed by atoms with Crippen LogP contribution in [-0.2, 0) is 13.0 Å². The fourth-order valence-corrected chi connectivity index (χ4v) is 5.83. The molecule has 0 bridgehead atoms. The molecule has 6 aromatic rings. The molecular formula is C33H23N. The number of hydrogen-bond donors (Lipinski definition) is 0. The third-order valence-corrected chi connectivity index (χ3v) is 7.36. The first-order valence-electron chi connectivity index (χ1n) is 11.8. The maximum Gasteiger partial charge on any atom is 0.0638 e. The minimum Gasteiger partial charge on any atom is -0.296 e. The van der Waals surface area contributed by atoms with Crippen molar-refractivity contribution in [2.24, 2.45) is 4.99 Å². The number of fused-ring (bicyclic) bond motifs is 9. The Balaban J connectivity index is 1.46. The Morgan fingerprint density at radius 2 is 1.18 bits per heavy atom. The first-order valence-corrected chi connectivity index (χ1v) is 11.8. The summed E-state index contributed by atoms with van der Waals surface area (Å²) in [5, 5.41) is 7.87. The van der Waals surface area contributed by atoms with Gasteiger partial charge in [0.1, 0.15) is 0 Å². The van der Waals surface area contributed by atoms with E-state index in [1.54, 1.807) is 0 Å². The lowest BCUT2D eigenvalue weighted by Gasteiger charge is -2.13. The normalized spacial score (nSPS) is 12.2. The molecule has 0 saturated heterocycles. The van der Waals surface area contributed by atoms with Gasteiger partial charge in [-0.2, -0.15) is 0 Å². The van der Waals surface area contributed by atoms with Crippen molar-refractivity contribution in [1.82, 2.24) is 0 Å². The molecule has 0 N–H and O–H groups in total. The number of benzene rings is 6. The summed E-state index contributed by atoms with van der Waals surface area (Å²) in [6.07, 6.45) is 0.990. The van der Waals surface area contributed by atoms with Crippen LogP contribution in [0.25, 0.3) is 54.6 Å². The zero-order valence-corrected chi connectivity index (χ0v) is 18.9. The first kappa shape index (κ1) is 19.3. The molecule has 160 valence electrons. The van der Waals surface area contributed by atoms with Gasteiger partial charge < -0.3 is 0 Å². The maximum absolute atomic E-state index is 4.17. The minimum atomic E-state index is 0.655. The Morgan fingerprint density at radius 1 is 0.559 bits per heavy atom. The molecule has 34 heavy (non-hydrogen) atoms. The summed E-state index contributed by atoms with van der Waals surface area (Å²) in [5.74, 6) is 0. The number of nitrogens with zero attached hydrogens (tertiary/aromatic N) is 1. The fraction of sp³-hybridized carbons (Fsp3) is 0.0606. The SMILES string of the molecule is C=NCc1cccc2c1-c1cc(-c3ccc4c5ccccc5c5ccccc5c4c3)ccc1C2. The van der Waals surface area contributed by atoms with E-state index in [-0.39, 0.29) is 0 Å². The van der Waals surface area contributed by atoms with E-state index in [2.05, 4.69) is 115 Å². The third kappa shape index (κ3) is 2.77. The van der Waals surface area contributed by atoms with Crippen molar-refractivity contribution >= 4 is 39.0 Å². The largest absolute Gasteiger partial charge is 0.296 e. The van der Waals surface area contributed by atoms with Gasteiger partial charge in [-0.15, -0.1) is 0 Å². The van der Waals surface area contributed by atoms with Gasteiger partial charge >= 0.3 is 0 Å². The average molecular weight is 434 g/mol. The Morgan fingerprint density at radius 3 is 1.88 bits per heavy atom. The van der Waals surface area contributed by atoms with Crippen LogP contribution in [0.4, 0.5) is 0 Å². The third-order valence-electron chi connectivity index (χ3n) is 7.36. The standard InChI is InChI=1S/C33H23N/c1-34-20-25-8-6-7-24-17-23-14-13-21(18-31(23)33(24)25)22-15-16-30-28-11-3-2-9-26(28)27-10-4-5-12-29(27)32(30)19-22/h2-16,18-19H,1,17,20H2. The predicted molar refractivity (Wildman–Crippen MR) is 146 cm³/mol. The molecule has 1 aliphatic carbocycles. The highest BCUT2D eigenvalue weighted by Gasteiger charge is 2.21. The summed E-state index contributed by atoms with van der Waals surface area (Å²) in [6.45, 7) is 4.38. The second kappa shape index (κ2) is 7.40. The fourth-order valence-electron chi connectivity index (χ4n) is 5.83. The van der Waals surface area contributed by atoms with Crippen LogP contribution < -0.4 is 0 Å². The van der Waals surface area contributed by atoms with E-state index in [0.29, 0.717) is 6.54 Å². The second-order valence-electron chi connectivity index (χ2n) is 9.23. The smallest absolute Gasteiger partial charge is 0.0638 e. The first-order chi connectivity index (χ1) is 16.8. The minimum absolute atomic E-state index is 0.655. The van der Waals surface area contributed by atoms with Crippen LogP contribution >= 0.6 is 0 Å². The van der Waals surface area contributed by atoms with Gasteiger partial charge in [-0.1, -0.05) is 91.0 Å². The van der Waals surface area contributed by atoms with Gasteiger partial charge in [0.15, 0.2) is 0 Å². The van der Waals surface area contributed by atoms with Crippen LogP contribution in [0.15, 0.2) is 108 Å². The number of hydrogen-bond acceptors (Lipinski definition) is 1. The summed E-state index contributed by atoms with van der Waals surface area (Å²) in [6, 6.07) is 38.0. The van der Waals surface area contributed by atoms with Crippen LogP contribution in [0, 0.1) is 0 Å². The molecule has 0 aliphatic heterocycles. The van der Waals surface area contributed by atoms with E-state index >= 15 is 0 Å². The molecule has 7 rings (SSSR count). The quantitative estimate of drug-likeness (QED) is 0.195. The molecule has 0 atom stereocenters. The van der Waals surface area contributed by atoms with E-state index < -0.39 is 0 Å². The molecule has 0 amide bonds. The molecule has 0 saturated carbocycles. The van der Waals surface area contributed by atoms with Crippen molar-refractivity contribution in [2.45, 2.75) is 13.0 Å².